The van der Waals surface area contributed by atoms with Gasteiger partial charge in [-0.15, -0.1) is 0 Å². The first-order chi connectivity index (χ1) is 9.75. The fraction of sp³-hybridized carbons (Fsp3) is 0.333. The number of hydrogen-bond donors (Lipinski definition) is 1. The normalized spacial score (nSPS) is 30.1. The SMILES string of the molecule is C[C@@H]1[C@@H](c2ccccc2)[Se][C@@H](c2ccccc2)C[C@@H]1O. The minimum atomic E-state index is -0.193. The molecule has 0 unspecified atom stereocenters. The van der Waals surface area contributed by atoms with E-state index < -0.39 is 0 Å². The van der Waals surface area contributed by atoms with Crippen molar-refractivity contribution in [3.8, 4) is 0 Å². The maximum absolute atomic E-state index is 10.5. The number of hydrogen-bond acceptors (Lipinski definition) is 1. The number of aliphatic hydroxyl groups excluding tert-OH is 1. The van der Waals surface area contributed by atoms with E-state index in [2.05, 4.69) is 67.6 Å². The van der Waals surface area contributed by atoms with Crippen molar-refractivity contribution in [1.82, 2.24) is 0 Å². The van der Waals surface area contributed by atoms with Gasteiger partial charge in [-0.3, -0.25) is 0 Å². The van der Waals surface area contributed by atoms with Crippen LogP contribution in [0.25, 0.3) is 0 Å². The van der Waals surface area contributed by atoms with E-state index >= 15 is 0 Å². The van der Waals surface area contributed by atoms with Crippen LogP contribution in [0.5, 0.6) is 0 Å². The maximum atomic E-state index is 10.5. The van der Waals surface area contributed by atoms with Gasteiger partial charge in [0, 0.05) is 0 Å². The number of aliphatic hydroxyl groups is 1. The van der Waals surface area contributed by atoms with Crippen LogP contribution in [0.1, 0.15) is 34.1 Å². The Morgan fingerprint density at radius 2 is 1.45 bits per heavy atom. The van der Waals surface area contributed by atoms with Gasteiger partial charge in [0.2, 0.25) is 0 Å². The van der Waals surface area contributed by atoms with Crippen LogP contribution in [-0.4, -0.2) is 26.2 Å². The monoisotopic (exact) mass is 332 g/mol. The summed E-state index contributed by atoms with van der Waals surface area (Å²) in [7, 11) is 0. The van der Waals surface area contributed by atoms with E-state index in [-0.39, 0.29) is 6.10 Å². The summed E-state index contributed by atoms with van der Waals surface area (Å²) in [5.74, 6) is 0.359. The Kier molecular flexibility index (Phi) is 4.26. The molecular formula is C18H20OSe. The van der Waals surface area contributed by atoms with Gasteiger partial charge in [-0.2, -0.15) is 0 Å². The molecule has 0 bridgehead atoms. The van der Waals surface area contributed by atoms with Crippen LogP contribution in [-0.2, 0) is 0 Å². The molecule has 0 amide bonds. The molecule has 1 fully saturated rings. The van der Waals surface area contributed by atoms with E-state index in [1.165, 1.54) is 11.1 Å². The molecule has 1 saturated heterocycles. The Morgan fingerprint density at radius 3 is 2.05 bits per heavy atom. The van der Waals surface area contributed by atoms with E-state index in [1.54, 1.807) is 0 Å². The third kappa shape index (κ3) is 2.83. The van der Waals surface area contributed by atoms with Crippen molar-refractivity contribution >= 4 is 15.0 Å². The van der Waals surface area contributed by atoms with E-state index in [1.807, 2.05) is 0 Å². The molecule has 4 atom stereocenters. The van der Waals surface area contributed by atoms with Gasteiger partial charge in [-0.05, 0) is 0 Å². The summed E-state index contributed by atoms with van der Waals surface area (Å²) in [6, 6.07) is 21.4. The second-order valence-corrected chi connectivity index (χ2v) is 8.36. The molecule has 1 N–H and O–H groups in total. The Balaban J connectivity index is 1.87. The Labute approximate surface area is 127 Å². The molecule has 3 rings (SSSR count). The molecule has 2 aromatic rings. The van der Waals surface area contributed by atoms with Crippen molar-refractivity contribution in [2.45, 2.75) is 29.1 Å². The van der Waals surface area contributed by atoms with E-state index in [0.717, 1.165) is 6.42 Å². The molecule has 2 heteroatoms. The fourth-order valence-electron chi connectivity index (χ4n) is 2.90. The van der Waals surface area contributed by atoms with Gasteiger partial charge in [-0.25, -0.2) is 0 Å². The van der Waals surface area contributed by atoms with Gasteiger partial charge >= 0.3 is 127 Å². The van der Waals surface area contributed by atoms with Crippen molar-refractivity contribution in [3.05, 3.63) is 71.8 Å². The fourth-order valence-corrected chi connectivity index (χ4v) is 6.51. The van der Waals surface area contributed by atoms with Crippen LogP contribution in [0.3, 0.4) is 0 Å². The quantitative estimate of drug-likeness (QED) is 0.834. The second-order valence-electron chi connectivity index (χ2n) is 5.53. The second kappa shape index (κ2) is 6.13. The van der Waals surface area contributed by atoms with Crippen LogP contribution >= 0.6 is 0 Å². The van der Waals surface area contributed by atoms with Crippen molar-refractivity contribution < 1.29 is 5.11 Å². The Hall–Kier alpha value is -1.08. The average Bonchev–Trinajstić information content (AvgIpc) is 2.51. The summed E-state index contributed by atoms with van der Waals surface area (Å²) in [6.45, 7) is 2.20. The first-order valence-electron chi connectivity index (χ1n) is 7.19. The molecule has 1 heterocycles. The van der Waals surface area contributed by atoms with Gasteiger partial charge in [0.1, 0.15) is 0 Å². The zero-order chi connectivity index (χ0) is 13.9. The topological polar surface area (TPSA) is 20.2 Å². The zero-order valence-corrected chi connectivity index (χ0v) is 13.4. The molecule has 104 valence electrons. The van der Waals surface area contributed by atoms with Gasteiger partial charge in [0.05, 0.1) is 0 Å². The molecule has 2 aromatic carbocycles. The molecule has 1 aliphatic heterocycles. The van der Waals surface area contributed by atoms with Crippen molar-refractivity contribution in [3.63, 3.8) is 0 Å². The van der Waals surface area contributed by atoms with Crippen LogP contribution in [0, 0.1) is 5.92 Å². The number of benzene rings is 2. The van der Waals surface area contributed by atoms with Gasteiger partial charge < -0.3 is 0 Å². The minimum absolute atomic E-state index is 0.193. The third-order valence-electron chi connectivity index (χ3n) is 4.15. The molecule has 20 heavy (non-hydrogen) atoms. The Bertz CT molecular complexity index is 540. The van der Waals surface area contributed by atoms with E-state index in [9.17, 15) is 5.11 Å². The standard InChI is InChI=1S/C18H20OSe/c1-13-16(19)12-17(14-8-4-2-5-9-14)20-18(13)15-10-6-3-7-11-15/h2-11,13,16-19H,12H2,1H3/t13-,16-,17+,18-/m0/s1. The summed E-state index contributed by atoms with van der Waals surface area (Å²) in [6.07, 6.45) is 0.718. The zero-order valence-electron chi connectivity index (χ0n) is 11.6. The summed E-state index contributed by atoms with van der Waals surface area (Å²) in [5.41, 5.74) is 2.78. The first-order valence-corrected chi connectivity index (χ1v) is 9.17. The molecule has 1 aliphatic rings. The van der Waals surface area contributed by atoms with Crippen LogP contribution < -0.4 is 0 Å². The van der Waals surface area contributed by atoms with Crippen LogP contribution in [0.2, 0.25) is 0 Å². The van der Waals surface area contributed by atoms with Crippen LogP contribution in [0.4, 0.5) is 0 Å². The summed E-state index contributed by atoms with van der Waals surface area (Å²) in [4.78, 5) is 1.04. The molecular weight excluding hydrogens is 311 g/mol. The number of rotatable bonds is 2. The Morgan fingerprint density at radius 1 is 0.900 bits per heavy atom. The molecule has 0 aliphatic carbocycles. The molecule has 0 spiro atoms. The molecule has 0 saturated carbocycles. The predicted molar refractivity (Wildman–Crippen MR) is 83.9 cm³/mol. The van der Waals surface area contributed by atoms with Crippen molar-refractivity contribution in [1.29, 1.82) is 0 Å². The average molecular weight is 331 g/mol. The molecule has 1 nitrogen and oxygen atoms in total. The summed E-state index contributed by atoms with van der Waals surface area (Å²) >= 11 is 0.487. The third-order valence-corrected chi connectivity index (χ3v) is 7.90. The summed E-state index contributed by atoms with van der Waals surface area (Å²) in [5, 5.41) is 10.5. The van der Waals surface area contributed by atoms with Gasteiger partial charge in [0.15, 0.2) is 0 Å². The first kappa shape index (κ1) is 13.9. The van der Waals surface area contributed by atoms with E-state index in [4.69, 9.17) is 0 Å². The van der Waals surface area contributed by atoms with E-state index in [0.29, 0.717) is 30.5 Å². The predicted octanol–water partition coefficient (Wildman–Crippen LogP) is 3.57. The summed E-state index contributed by atoms with van der Waals surface area (Å²) < 4.78 is 0. The molecule has 0 radical (unpaired) electrons. The van der Waals surface area contributed by atoms with Crippen molar-refractivity contribution in [2.24, 2.45) is 5.92 Å². The van der Waals surface area contributed by atoms with Crippen LogP contribution in [0.15, 0.2) is 60.7 Å². The van der Waals surface area contributed by atoms with Gasteiger partial charge in [-0.1, -0.05) is 0 Å². The van der Waals surface area contributed by atoms with Crippen molar-refractivity contribution in [2.75, 3.05) is 0 Å². The molecule has 0 aromatic heterocycles. The van der Waals surface area contributed by atoms with Gasteiger partial charge in [0.25, 0.3) is 0 Å².